The highest BCUT2D eigenvalue weighted by molar-refractivity contribution is 5.93. The Balaban J connectivity index is 1.38. The molecule has 0 aliphatic carbocycles. The molecule has 1 amide bonds. The normalized spacial score (nSPS) is 17.9. The molecule has 0 saturated carbocycles. The molecule has 39 heavy (non-hydrogen) atoms. The van der Waals surface area contributed by atoms with Crippen LogP contribution in [0.3, 0.4) is 0 Å². The zero-order chi connectivity index (χ0) is 27.6. The average Bonchev–Trinajstić information content (AvgIpc) is 3.66. The van der Waals surface area contributed by atoms with Crippen LogP contribution in [0.5, 0.6) is 5.88 Å². The Morgan fingerprint density at radius 1 is 1.21 bits per heavy atom. The number of imidazole rings is 1. The number of carbonyl (C=O) groups is 1. The topological polar surface area (TPSA) is 122 Å². The van der Waals surface area contributed by atoms with E-state index in [4.69, 9.17) is 5.10 Å². The number of fused-ring (bicyclic) bond motifs is 5. The van der Waals surface area contributed by atoms with Gasteiger partial charge in [0, 0.05) is 12.0 Å². The number of nitriles is 1. The molecule has 0 spiro atoms. The van der Waals surface area contributed by atoms with Crippen molar-refractivity contribution in [2.45, 2.75) is 58.2 Å². The lowest BCUT2D eigenvalue weighted by Crippen LogP contribution is -2.38. The molecule has 1 saturated heterocycles. The Bertz CT molecular complexity index is 1720. The first kappa shape index (κ1) is 24.7. The summed E-state index contributed by atoms with van der Waals surface area (Å²) in [7, 11) is 0. The maximum atomic E-state index is 14.0. The van der Waals surface area contributed by atoms with E-state index in [1.165, 1.54) is 10.8 Å². The first-order valence-electron chi connectivity index (χ1n) is 12.9. The summed E-state index contributed by atoms with van der Waals surface area (Å²) in [6.07, 6.45) is 1.97. The molecule has 4 aromatic rings. The van der Waals surface area contributed by atoms with Crippen molar-refractivity contribution in [3.63, 3.8) is 0 Å². The van der Waals surface area contributed by atoms with Gasteiger partial charge in [-0.15, -0.1) is 0 Å². The van der Waals surface area contributed by atoms with Gasteiger partial charge in [-0.1, -0.05) is 51.1 Å². The van der Waals surface area contributed by atoms with Crippen LogP contribution < -0.4 is 5.69 Å². The quantitative estimate of drug-likeness (QED) is 0.436. The first-order valence-corrected chi connectivity index (χ1v) is 12.9. The minimum absolute atomic E-state index is 0.178. The van der Waals surface area contributed by atoms with Crippen LogP contribution in [0, 0.1) is 18.3 Å². The van der Waals surface area contributed by atoms with E-state index in [1.54, 1.807) is 27.1 Å². The fourth-order valence-corrected chi connectivity index (χ4v) is 5.68. The average molecular weight is 524 g/mol. The Morgan fingerprint density at radius 2 is 1.95 bits per heavy atom. The van der Waals surface area contributed by atoms with Gasteiger partial charge in [-0.25, -0.2) is 14.3 Å². The third-order valence-electron chi connectivity index (χ3n) is 7.69. The van der Waals surface area contributed by atoms with E-state index in [1.807, 2.05) is 42.5 Å². The summed E-state index contributed by atoms with van der Waals surface area (Å²) < 4.78 is 4.56. The zero-order valence-electron chi connectivity index (χ0n) is 22.3. The molecule has 2 aliphatic heterocycles. The molecule has 0 radical (unpaired) electrons. The largest absolute Gasteiger partial charge is 0.493 e. The molecule has 6 rings (SSSR count). The molecule has 10 heteroatoms. The summed E-state index contributed by atoms with van der Waals surface area (Å²) in [4.78, 5) is 33.3. The van der Waals surface area contributed by atoms with Gasteiger partial charge in [0.2, 0.25) is 5.88 Å². The summed E-state index contributed by atoms with van der Waals surface area (Å²) in [6.45, 7) is 8.74. The molecule has 2 atom stereocenters. The highest BCUT2D eigenvalue weighted by atomic mass is 16.3. The van der Waals surface area contributed by atoms with E-state index in [-0.39, 0.29) is 34.6 Å². The zero-order valence-corrected chi connectivity index (χ0v) is 22.3. The summed E-state index contributed by atoms with van der Waals surface area (Å²) in [5, 5.41) is 25.3. The number of nitrogens with zero attached hydrogens (tertiary/aromatic N) is 7. The molecule has 2 bridgehead atoms. The van der Waals surface area contributed by atoms with Crippen LogP contribution in [0.25, 0.3) is 5.69 Å². The van der Waals surface area contributed by atoms with Crippen LogP contribution in [0.2, 0.25) is 0 Å². The summed E-state index contributed by atoms with van der Waals surface area (Å²) >= 11 is 0. The van der Waals surface area contributed by atoms with Crippen molar-refractivity contribution in [1.82, 2.24) is 28.8 Å². The summed E-state index contributed by atoms with van der Waals surface area (Å²) in [5.74, 6) is -0.382. The maximum Gasteiger partial charge on any atom is 0.336 e. The molecule has 5 heterocycles. The molecule has 1 aromatic carbocycles. The fourth-order valence-electron chi connectivity index (χ4n) is 5.68. The van der Waals surface area contributed by atoms with Crippen molar-refractivity contribution < 1.29 is 9.90 Å². The third kappa shape index (κ3) is 3.84. The van der Waals surface area contributed by atoms with Crippen molar-refractivity contribution in [2.24, 2.45) is 0 Å². The number of hydrogen-bond donors (Lipinski definition) is 1. The van der Waals surface area contributed by atoms with Crippen LogP contribution in [-0.4, -0.2) is 46.4 Å². The molecule has 1 N–H and O–H groups in total. The van der Waals surface area contributed by atoms with E-state index in [0.29, 0.717) is 42.1 Å². The smallest absolute Gasteiger partial charge is 0.336 e. The van der Waals surface area contributed by atoms with E-state index in [0.717, 1.165) is 11.3 Å². The Labute approximate surface area is 225 Å². The Hall–Kier alpha value is -4.65. The van der Waals surface area contributed by atoms with Crippen molar-refractivity contribution in [1.29, 1.82) is 5.26 Å². The van der Waals surface area contributed by atoms with Crippen LogP contribution in [0.4, 0.5) is 0 Å². The number of aryl methyl sites for hydroxylation is 1. The lowest BCUT2D eigenvalue weighted by atomic mass is 9.92. The third-order valence-corrected chi connectivity index (χ3v) is 7.69. The monoisotopic (exact) mass is 523 g/mol. The van der Waals surface area contributed by atoms with Crippen molar-refractivity contribution >= 4 is 5.91 Å². The number of carbonyl (C=O) groups excluding carboxylic acids is 1. The summed E-state index contributed by atoms with van der Waals surface area (Å²) in [6, 6.07) is 14.7. The number of aromatic nitrogens is 5. The highest BCUT2D eigenvalue weighted by Crippen LogP contribution is 2.49. The van der Waals surface area contributed by atoms with Crippen molar-refractivity contribution in [3.8, 4) is 17.6 Å². The van der Waals surface area contributed by atoms with Gasteiger partial charge in [-0.2, -0.15) is 10.4 Å². The minimum atomic E-state index is -0.443. The molecular weight excluding hydrogens is 494 g/mol. The molecule has 1 fully saturated rings. The number of likely N-dealkylation sites (tertiary alicyclic amines) is 1. The molecule has 2 aliphatic rings. The summed E-state index contributed by atoms with van der Waals surface area (Å²) in [5.41, 5.74) is 3.39. The van der Waals surface area contributed by atoms with Gasteiger partial charge in [0.15, 0.2) is 0 Å². The number of pyridine rings is 1. The van der Waals surface area contributed by atoms with Crippen molar-refractivity contribution in [3.05, 3.63) is 93.0 Å². The van der Waals surface area contributed by atoms with Gasteiger partial charge in [-0.3, -0.25) is 14.0 Å². The second-order valence-electron chi connectivity index (χ2n) is 11.3. The molecule has 2 unspecified atom stereocenters. The standard InChI is InChI=1S/C29H29N7O3/c1-17-10-19(14-31-21(17)13-30)36-27(38)25-22-11-20(35(25)28(36)39)16-33(22)26(37)23-12-24(29(2,3)4)32-34(23)15-18-8-6-5-7-9-18/h5-10,12,14,20,22,38H,11,15-16H2,1-4H3. The predicted octanol–water partition coefficient (Wildman–Crippen LogP) is 3.60. The van der Waals surface area contributed by atoms with Gasteiger partial charge in [0.1, 0.15) is 23.2 Å². The number of rotatable bonds is 4. The molecule has 10 nitrogen and oxygen atoms in total. The predicted molar refractivity (Wildman–Crippen MR) is 143 cm³/mol. The fraction of sp³-hybridized carbons (Fsp3) is 0.345. The number of aromatic hydroxyl groups is 1. The van der Waals surface area contributed by atoms with E-state index >= 15 is 0 Å². The molecule has 3 aromatic heterocycles. The number of benzene rings is 1. The second-order valence-corrected chi connectivity index (χ2v) is 11.3. The van der Waals surface area contributed by atoms with E-state index in [9.17, 15) is 20.0 Å². The Kier molecular flexibility index (Phi) is 5.50. The number of amides is 1. The van der Waals surface area contributed by atoms with Crippen LogP contribution in [-0.2, 0) is 12.0 Å². The van der Waals surface area contributed by atoms with Crippen LogP contribution in [0.15, 0.2) is 53.5 Å². The lowest BCUT2D eigenvalue weighted by Gasteiger charge is -2.27. The molecular formula is C29H29N7O3. The van der Waals surface area contributed by atoms with Gasteiger partial charge >= 0.3 is 5.69 Å². The van der Waals surface area contributed by atoms with Gasteiger partial charge in [-0.05, 0) is 36.6 Å². The van der Waals surface area contributed by atoms with Gasteiger partial charge in [0.05, 0.1) is 36.2 Å². The van der Waals surface area contributed by atoms with E-state index < -0.39 is 6.04 Å². The SMILES string of the molecule is Cc1cc(-n2c(O)c3n(c2=O)C2CC3N(C(=O)c3cc(C(C)(C)C)nn3Cc3ccccc3)C2)cnc1C#N. The highest BCUT2D eigenvalue weighted by Gasteiger charge is 2.50. The number of hydrogen-bond acceptors (Lipinski definition) is 6. The lowest BCUT2D eigenvalue weighted by molar-refractivity contribution is 0.0699. The molecule has 198 valence electrons. The second kappa shape index (κ2) is 8.70. The van der Waals surface area contributed by atoms with Crippen LogP contribution in [0.1, 0.15) is 78.0 Å². The van der Waals surface area contributed by atoms with Crippen molar-refractivity contribution in [2.75, 3.05) is 6.54 Å². The van der Waals surface area contributed by atoms with E-state index in [2.05, 4.69) is 25.8 Å². The Morgan fingerprint density at radius 3 is 2.62 bits per heavy atom. The minimum Gasteiger partial charge on any atom is -0.493 e. The first-order chi connectivity index (χ1) is 18.6. The maximum absolute atomic E-state index is 14.0. The van der Waals surface area contributed by atoms with Crippen LogP contribution >= 0.6 is 0 Å². The van der Waals surface area contributed by atoms with Gasteiger partial charge < -0.3 is 10.0 Å². The van der Waals surface area contributed by atoms with Gasteiger partial charge in [0.25, 0.3) is 5.91 Å².